The molecule has 0 radical (unpaired) electrons. The third-order valence-electron chi connectivity index (χ3n) is 3.53. The maximum Gasteiger partial charge on any atom is 0.322 e. The van der Waals surface area contributed by atoms with E-state index in [1.807, 2.05) is 17.5 Å². The fourth-order valence-corrected chi connectivity index (χ4v) is 3.99. The molecule has 130 valence electrons. The lowest BCUT2D eigenvalue weighted by Crippen LogP contribution is -2.10. The predicted octanol–water partition coefficient (Wildman–Crippen LogP) is 4.10. The Kier molecular flexibility index (Phi) is 4.19. The van der Waals surface area contributed by atoms with Crippen molar-refractivity contribution in [3.05, 3.63) is 67.5 Å². The Hall–Kier alpha value is -3.11. The number of rotatable bonds is 5. The first kappa shape index (κ1) is 16.4. The molecule has 3 heterocycles. The van der Waals surface area contributed by atoms with Gasteiger partial charge in [0.15, 0.2) is 0 Å². The molecule has 0 saturated carbocycles. The Morgan fingerprint density at radius 3 is 2.92 bits per heavy atom. The lowest BCUT2D eigenvalue weighted by molar-refractivity contribution is -0.384. The van der Waals surface area contributed by atoms with Gasteiger partial charge in [0.1, 0.15) is 0 Å². The van der Waals surface area contributed by atoms with Crippen LogP contribution in [0.5, 0.6) is 0 Å². The lowest BCUT2D eigenvalue weighted by atomic mass is 10.2. The van der Waals surface area contributed by atoms with E-state index in [-0.39, 0.29) is 11.7 Å². The van der Waals surface area contributed by atoms with Crippen LogP contribution in [0, 0.1) is 10.1 Å². The summed E-state index contributed by atoms with van der Waals surface area (Å²) in [4.78, 5) is 24.2. The van der Waals surface area contributed by atoms with Gasteiger partial charge in [-0.25, -0.2) is 0 Å². The van der Waals surface area contributed by atoms with Gasteiger partial charge >= 0.3 is 6.01 Å². The number of carbonyl (C=O) groups is 1. The van der Waals surface area contributed by atoms with Gasteiger partial charge < -0.3 is 4.42 Å². The molecular weight excluding hydrogens is 376 g/mol. The van der Waals surface area contributed by atoms with Crippen molar-refractivity contribution in [2.24, 2.45) is 0 Å². The van der Waals surface area contributed by atoms with E-state index >= 15 is 0 Å². The SMILES string of the molecule is O=C(Nc1nnc(Cc2cccs2)o1)c1cc2cc([N+](=O)[O-])ccc2s1. The number of thiophene rings is 2. The Morgan fingerprint density at radius 1 is 1.27 bits per heavy atom. The topological polar surface area (TPSA) is 111 Å². The predicted molar refractivity (Wildman–Crippen MR) is 97.9 cm³/mol. The van der Waals surface area contributed by atoms with Crippen LogP contribution in [0.1, 0.15) is 20.4 Å². The van der Waals surface area contributed by atoms with Crippen molar-refractivity contribution >= 4 is 50.4 Å². The molecule has 0 fully saturated rings. The van der Waals surface area contributed by atoms with Crippen LogP contribution in [0.2, 0.25) is 0 Å². The average Bonchev–Trinajstić information content (AvgIpc) is 3.35. The molecule has 0 unspecified atom stereocenters. The zero-order valence-electron chi connectivity index (χ0n) is 13.0. The van der Waals surface area contributed by atoms with E-state index in [1.54, 1.807) is 23.5 Å². The number of nitrogens with one attached hydrogen (secondary N) is 1. The van der Waals surface area contributed by atoms with E-state index in [1.165, 1.54) is 23.5 Å². The number of amides is 1. The minimum atomic E-state index is -0.468. The van der Waals surface area contributed by atoms with Crippen LogP contribution in [0.25, 0.3) is 10.1 Å². The molecule has 0 atom stereocenters. The summed E-state index contributed by atoms with van der Waals surface area (Å²) in [6.07, 6.45) is 0.507. The molecule has 10 heteroatoms. The van der Waals surface area contributed by atoms with Gasteiger partial charge in [-0.1, -0.05) is 11.2 Å². The summed E-state index contributed by atoms with van der Waals surface area (Å²) in [5.41, 5.74) is -0.0163. The van der Waals surface area contributed by atoms with Crippen molar-refractivity contribution in [3.63, 3.8) is 0 Å². The monoisotopic (exact) mass is 386 g/mol. The molecule has 8 nitrogen and oxygen atoms in total. The third-order valence-corrected chi connectivity index (χ3v) is 5.52. The van der Waals surface area contributed by atoms with Gasteiger partial charge in [-0.15, -0.1) is 27.8 Å². The number of hydrogen-bond donors (Lipinski definition) is 1. The Labute approximate surface area is 154 Å². The van der Waals surface area contributed by atoms with Crippen molar-refractivity contribution in [2.45, 2.75) is 6.42 Å². The molecule has 1 aromatic carbocycles. The maximum atomic E-state index is 12.4. The fraction of sp³-hybridized carbons (Fsp3) is 0.0625. The Balaban J connectivity index is 1.50. The molecule has 1 N–H and O–H groups in total. The summed E-state index contributed by atoms with van der Waals surface area (Å²) in [5.74, 6) is 0.00916. The van der Waals surface area contributed by atoms with Crippen LogP contribution >= 0.6 is 22.7 Å². The first-order chi connectivity index (χ1) is 12.6. The third kappa shape index (κ3) is 3.32. The number of hydrogen-bond acceptors (Lipinski definition) is 8. The van der Waals surface area contributed by atoms with E-state index < -0.39 is 10.8 Å². The van der Waals surface area contributed by atoms with E-state index in [2.05, 4.69) is 15.5 Å². The van der Waals surface area contributed by atoms with E-state index in [9.17, 15) is 14.9 Å². The molecule has 0 aliphatic carbocycles. The minimum Gasteiger partial charge on any atom is -0.407 e. The zero-order valence-corrected chi connectivity index (χ0v) is 14.7. The quantitative estimate of drug-likeness (QED) is 0.408. The highest BCUT2D eigenvalue weighted by Crippen LogP contribution is 2.29. The van der Waals surface area contributed by atoms with Gasteiger partial charge in [-0.2, -0.15) is 0 Å². The summed E-state index contributed by atoms with van der Waals surface area (Å²) in [6.45, 7) is 0. The van der Waals surface area contributed by atoms with Crippen molar-refractivity contribution in [3.8, 4) is 0 Å². The number of nitro groups is 1. The van der Waals surface area contributed by atoms with E-state index in [4.69, 9.17) is 4.42 Å². The Bertz CT molecular complexity index is 1100. The van der Waals surface area contributed by atoms with Gasteiger partial charge in [-0.05, 0) is 23.6 Å². The zero-order chi connectivity index (χ0) is 18.1. The lowest BCUT2D eigenvalue weighted by Gasteiger charge is -1.96. The smallest absolute Gasteiger partial charge is 0.322 e. The molecule has 0 spiro atoms. The highest BCUT2D eigenvalue weighted by atomic mass is 32.1. The van der Waals surface area contributed by atoms with Crippen LogP contribution in [-0.2, 0) is 6.42 Å². The summed E-state index contributed by atoms with van der Waals surface area (Å²) in [6, 6.07) is 9.99. The number of carbonyl (C=O) groups excluding carboxylic acids is 1. The Morgan fingerprint density at radius 2 is 2.15 bits per heavy atom. The standard InChI is InChI=1S/C16H10N4O4S2/c21-15(13-7-9-6-10(20(22)23)3-4-12(9)26-13)17-16-19-18-14(24-16)8-11-2-1-5-25-11/h1-7H,8H2,(H,17,19,21). The van der Waals surface area contributed by atoms with Crippen LogP contribution in [0.3, 0.4) is 0 Å². The number of nitro benzene ring substituents is 1. The normalized spacial score (nSPS) is 10.9. The molecule has 26 heavy (non-hydrogen) atoms. The first-order valence-corrected chi connectivity index (χ1v) is 9.12. The second kappa shape index (κ2) is 6.65. The molecule has 0 aliphatic rings. The van der Waals surface area contributed by atoms with Crippen LogP contribution in [-0.4, -0.2) is 21.0 Å². The summed E-state index contributed by atoms with van der Waals surface area (Å²) in [7, 11) is 0. The number of fused-ring (bicyclic) bond motifs is 1. The fourth-order valence-electron chi connectivity index (χ4n) is 2.35. The maximum absolute atomic E-state index is 12.4. The van der Waals surface area contributed by atoms with Gasteiger partial charge in [-0.3, -0.25) is 20.2 Å². The number of benzene rings is 1. The highest BCUT2D eigenvalue weighted by Gasteiger charge is 2.16. The highest BCUT2D eigenvalue weighted by molar-refractivity contribution is 7.20. The molecule has 0 aliphatic heterocycles. The van der Waals surface area contributed by atoms with Gasteiger partial charge in [0.05, 0.1) is 16.2 Å². The molecule has 1 amide bonds. The minimum absolute atomic E-state index is 0.0163. The van der Waals surface area contributed by atoms with E-state index in [0.717, 1.165) is 9.58 Å². The van der Waals surface area contributed by atoms with Gasteiger partial charge in [0.25, 0.3) is 11.6 Å². The average molecular weight is 386 g/mol. The van der Waals surface area contributed by atoms with Crippen molar-refractivity contribution in [1.29, 1.82) is 0 Å². The van der Waals surface area contributed by atoms with Crippen molar-refractivity contribution in [1.82, 2.24) is 10.2 Å². The van der Waals surface area contributed by atoms with Gasteiger partial charge in [0, 0.05) is 27.1 Å². The molecule has 4 aromatic rings. The second-order valence-corrected chi connectivity index (χ2v) is 7.42. The van der Waals surface area contributed by atoms with Crippen LogP contribution < -0.4 is 5.32 Å². The molecular formula is C16H10N4O4S2. The summed E-state index contributed by atoms with van der Waals surface area (Å²) < 4.78 is 6.22. The molecule has 3 aromatic heterocycles. The largest absolute Gasteiger partial charge is 0.407 e. The van der Waals surface area contributed by atoms with E-state index in [0.29, 0.717) is 22.6 Å². The van der Waals surface area contributed by atoms with Crippen LogP contribution in [0.15, 0.2) is 46.2 Å². The number of aromatic nitrogens is 2. The van der Waals surface area contributed by atoms with Crippen LogP contribution in [0.4, 0.5) is 11.7 Å². The first-order valence-electron chi connectivity index (χ1n) is 7.42. The van der Waals surface area contributed by atoms with Crippen molar-refractivity contribution < 1.29 is 14.1 Å². The number of non-ortho nitro benzene ring substituents is 1. The van der Waals surface area contributed by atoms with Crippen molar-refractivity contribution in [2.75, 3.05) is 5.32 Å². The second-order valence-electron chi connectivity index (χ2n) is 5.30. The number of nitrogens with zero attached hydrogens (tertiary/aromatic N) is 3. The van der Waals surface area contributed by atoms with Gasteiger partial charge in [0.2, 0.25) is 5.89 Å². The molecule has 0 saturated heterocycles. The summed E-state index contributed by atoms with van der Waals surface area (Å²) in [5, 5.41) is 23.7. The molecule has 0 bridgehead atoms. The summed E-state index contributed by atoms with van der Waals surface area (Å²) >= 11 is 2.81. The number of anilines is 1. The molecule has 4 rings (SSSR count).